The van der Waals surface area contributed by atoms with Crippen LogP contribution < -0.4 is 4.74 Å². The summed E-state index contributed by atoms with van der Waals surface area (Å²) in [6.07, 6.45) is 2.77. The average molecular weight is 464 g/mol. The third-order valence-electron chi connectivity index (χ3n) is 5.86. The van der Waals surface area contributed by atoms with Gasteiger partial charge in [-0.15, -0.1) is 0 Å². The van der Waals surface area contributed by atoms with E-state index in [-0.39, 0.29) is 11.5 Å². The molecule has 0 aliphatic rings. The highest BCUT2D eigenvalue weighted by atomic mass is 32.2. The van der Waals surface area contributed by atoms with Crippen LogP contribution in [0.2, 0.25) is 0 Å². The smallest absolute Gasteiger partial charge is 0.297 e. The predicted octanol–water partition coefficient (Wildman–Crippen LogP) is 5.59. The molecule has 6 heteroatoms. The fourth-order valence-corrected chi connectivity index (χ4v) is 4.61. The first kappa shape index (κ1) is 23.1. The van der Waals surface area contributed by atoms with Gasteiger partial charge < -0.3 is 9.30 Å². The summed E-state index contributed by atoms with van der Waals surface area (Å²) in [6.45, 7) is 7.21. The van der Waals surface area contributed by atoms with Gasteiger partial charge in [-0.25, -0.2) is 0 Å². The van der Waals surface area contributed by atoms with Crippen LogP contribution in [0.15, 0.2) is 77.8 Å². The van der Waals surface area contributed by atoms with Crippen molar-refractivity contribution in [3.63, 3.8) is 0 Å². The number of nitrogens with zero attached hydrogens (tertiary/aromatic N) is 1. The lowest BCUT2D eigenvalue weighted by molar-refractivity contribution is 0.302. The van der Waals surface area contributed by atoms with Crippen LogP contribution in [0.25, 0.3) is 10.9 Å². The Bertz CT molecular complexity index is 1350. The van der Waals surface area contributed by atoms with Gasteiger partial charge >= 0.3 is 0 Å². The molecule has 33 heavy (non-hydrogen) atoms. The molecular weight excluding hydrogens is 434 g/mol. The van der Waals surface area contributed by atoms with Crippen molar-refractivity contribution in [2.24, 2.45) is 0 Å². The maximum atomic E-state index is 12.4. The molecule has 0 saturated carbocycles. The van der Waals surface area contributed by atoms with Gasteiger partial charge in [0.1, 0.15) is 5.75 Å². The SMILES string of the molecule is Cc1ccc(S(=O)(=O)OCCn2ccc3ccc(OCCc4ccc(C)c(C)c4)cc32)cc1. The van der Waals surface area contributed by atoms with Crippen LogP contribution >= 0.6 is 0 Å². The Kier molecular flexibility index (Phi) is 6.86. The zero-order valence-electron chi connectivity index (χ0n) is 19.2. The molecule has 0 aliphatic heterocycles. The quantitative estimate of drug-likeness (QED) is 0.304. The van der Waals surface area contributed by atoms with Crippen molar-refractivity contribution in [1.29, 1.82) is 0 Å². The number of hydrogen-bond acceptors (Lipinski definition) is 4. The fraction of sp³-hybridized carbons (Fsp3) is 0.259. The minimum absolute atomic E-state index is 0.0534. The van der Waals surface area contributed by atoms with Crippen LogP contribution in [0, 0.1) is 20.8 Å². The number of rotatable bonds is 9. The van der Waals surface area contributed by atoms with Gasteiger partial charge in [-0.05, 0) is 73.2 Å². The molecule has 0 spiro atoms. The highest BCUT2D eigenvalue weighted by molar-refractivity contribution is 7.86. The zero-order chi connectivity index (χ0) is 23.4. The number of ether oxygens (including phenoxy) is 1. The van der Waals surface area contributed by atoms with Crippen molar-refractivity contribution in [1.82, 2.24) is 4.57 Å². The minimum atomic E-state index is -3.77. The Morgan fingerprint density at radius 2 is 1.61 bits per heavy atom. The van der Waals surface area contributed by atoms with Gasteiger partial charge in [-0.1, -0.05) is 35.9 Å². The van der Waals surface area contributed by atoms with Crippen molar-refractivity contribution >= 4 is 21.0 Å². The molecule has 0 aliphatic carbocycles. The van der Waals surface area contributed by atoms with Gasteiger partial charge in [0.05, 0.1) is 23.6 Å². The van der Waals surface area contributed by atoms with Crippen LogP contribution in [-0.4, -0.2) is 26.2 Å². The summed E-state index contributed by atoms with van der Waals surface area (Å²) in [6, 6.07) is 21.1. The lowest BCUT2D eigenvalue weighted by atomic mass is 10.0. The van der Waals surface area contributed by atoms with E-state index in [9.17, 15) is 8.42 Å². The largest absolute Gasteiger partial charge is 0.493 e. The average Bonchev–Trinajstić information content (AvgIpc) is 3.19. The van der Waals surface area contributed by atoms with Crippen molar-refractivity contribution in [3.8, 4) is 5.75 Å². The fourth-order valence-electron chi connectivity index (χ4n) is 3.71. The van der Waals surface area contributed by atoms with E-state index in [0.29, 0.717) is 13.2 Å². The normalized spacial score (nSPS) is 11.7. The summed E-state index contributed by atoms with van der Waals surface area (Å²) in [7, 11) is -3.77. The van der Waals surface area contributed by atoms with E-state index < -0.39 is 10.1 Å². The molecule has 5 nitrogen and oxygen atoms in total. The Hall–Kier alpha value is -3.09. The molecule has 4 aromatic rings. The van der Waals surface area contributed by atoms with Crippen LogP contribution in [-0.2, 0) is 27.3 Å². The lowest BCUT2D eigenvalue weighted by Crippen LogP contribution is -2.12. The molecule has 172 valence electrons. The maximum absolute atomic E-state index is 12.4. The van der Waals surface area contributed by atoms with Gasteiger partial charge in [-0.3, -0.25) is 4.18 Å². The van der Waals surface area contributed by atoms with E-state index in [1.165, 1.54) is 16.7 Å². The molecule has 3 aromatic carbocycles. The molecule has 1 heterocycles. The summed E-state index contributed by atoms with van der Waals surface area (Å²) < 4.78 is 38.1. The second kappa shape index (κ2) is 9.81. The highest BCUT2D eigenvalue weighted by Crippen LogP contribution is 2.23. The first-order chi connectivity index (χ1) is 15.8. The number of benzene rings is 3. The van der Waals surface area contributed by atoms with E-state index in [1.807, 2.05) is 42.0 Å². The van der Waals surface area contributed by atoms with Crippen molar-refractivity contribution in [3.05, 3.63) is 95.2 Å². The monoisotopic (exact) mass is 463 g/mol. The van der Waals surface area contributed by atoms with Crippen molar-refractivity contribution in [2.75, 3.05) is 13.2 Å². The summed E-state index contributed by atoms with van der Waals surface area (Å²) in [5, 5.41) is 1.07. The zero-order valence-corrected chi connectivity index (χ0v) is 20.1. The lowest BCUT2D eigenvalue weighted by Gasteiger charge is -2.10. The molecule has 0 fully saturated rings. The van der Waals surface area contributed by atoms with Gasteiger partial charge in [0, 0.05) is 25.2 Å². The molecule has 0 bridgehead atoms. The molecular formula is C27H29NO4S. The Balaban J connectivity index is 1.37. The summed E-state index contributed by atoms with van der Waals surface area (Å²) in [5.74, 6) is 0.791. The molecule has 1 aromatic heterocycles. The van der Waals surface area contributed by atoms with Gasteiger partial charge in [0.2, 0.25) is 0 Å². The Labute approximate surface area is 195 Å². The summed E-state index contributed by atoms with van der Waals surface area (Å²) >= 11 is 0. The van der Waals surface area contributed by atoms with E-state index in [0.717, 1.165) is 28.6 Å². The van der Waals surface area contributed by atoms with Crippen LogP contribution in [0.5, 0.6) is 5.75 Å². The van der Waals surface area contributed by atoms with E-state index in [4.69, 9.17) is 8.92 Å². The molecule has 0 N–H and O–H groups in total. The topological polar surface area (TPSA) is 57.5 Å². The van der Waals surface area contributed by atoms with Gasteiger partial charge in [0.25, 0.3) is 10.1 Å². The predicted molar refractivity (Wildman–Crippen MR) is 131 cm³/mol. The Morgan fingerprint density at radius 1 is 0.818 bits per heavy atom. The molecule has 4 rings (SSSR count). The van der Waals surface area contributed by atoms with Crippen LogP contribution in [0.3, 0.4) is 0 Å². The number of hydrogen-bond donors (Lipinski definition) is 0. The van der Waals surface area contributed by atoms with Crippen LogP contribution in [0.4, 0.5) is 0 Å². The number of fused-ring (bicyclic) bond motifs is 1. The molecule has 0 amide bonds. The summed E-state index contributed by atoms with van der Waals surface area (Å²) in [4.78, 5) is 0.171. The molecule has 0 atom stereocenters. The third kappa shape index (κ3) is 5.64. The van der Waals surface area contributed by atoms with E-state index in [1.54, 1.807) is 24.3 Å². The summed E-state index contributed by atoms with van der Waals surface area (Å²) in [5.41, 5.74) is 5.82. The maximum Gasteiger partial charge on any atom is 0.297 e. The van der Waals surface area contributed by atoms with Crippen LogP contribution in [0.1, 0.15) is 22.3 Å². The highest BCUT2D eigenvalue weighted by Gasteiger charge is 2.15. The Morgan fingerprint density at radius 3 is 2.36 bits per heavy atom. The first-order valence-corrected chi connectivity index (χ1v) is 12.5. The standard InChI is InChI=1S/C27H29NO4S/c1-20-4-10-26(11-5-20)33(29,30)32-17-15-28-14-12-24-8-9-25(19-27(24)28)31-16-13-23-7-6-21(2)22(3)18-23/h4-12,14,18-19H,13,15-17H2,1-3H3. The van der Waals surface area contributed by atoms with E-state index in [2.05, 4.69) is 32.0 Å². The van der Waals surface area contributed by atoms with Gasteiger partial charge in [-0.2, -0.15) is 8.42 Å². The second-order valence-corrected chi connectivity index (χ2v) is 9.95. The molecule has 0 radical (unpaired) electrons. The van der Waals surface area contributed by atoms with Gasteiger partial charge in [0.15, 0.2) is 0 Å². The number of aromatic nitrogens is 1. The van der Waals surface area contributed by atoms with E-state index >= 15 is 0 Å². The molecule has 0 saturated heterocycles. The first-order valence-electron chi connectivity index (χ1n) is 11.1. The minimum Gasteiger partial charge on any atom is -0.493 e. The van der Waals surface area contributed by atoms with Crippen molar-refractivity contribution < 1.29 is 17.3 Å². The van der Waals surface area contributed by atoms with Crippen molar-refractivity contribution in [2.45, 2.75) is 38.6 Å². The second-order valence-electron chi connectivity index (χ2n) is 8.34. The third-order valence-corrected chi connectivity index (χ3v) is 7.18. The number of aryl methyl sites for hydroxylation is 3. The molecule has 0 unspecified atom stereocenters.